The lowest BCUT2D eigenvalue weighted by atomic mass is 10.1. The first-order valence-electron chi connectivity index (χ1n) is 6.36. The van der Waals surface area contributed by atoms with E-state index in [4.69, 9.17) is 4.74 Å². The third kappa shape index (κ3) is 2.14. The lowest BCUT2D eigenvalue weighted by molar-refractivity contribution is 0.0515. The van der Waals surface area contributed by atoms with Crippen LogP contribution < -0.4 is 0 Å². The maximum atomic E-state index is 11.8. The van der Waals surface area contributed by atoms with Gasteiger partial charge in [-0.15, -0.1) is 5.10 Å². The molecule has 0 aliphatic rings. The third-order valence-electron chi connectivity index (χ3n) is 3.01. The summed E-state index contributed by atoms with van der Waals surface area (Å²) >= 11 is 0. The Morgan fingerprint density at radius 2 is 2.00 bits per heavy atom. The van der Waals surface area contributed by atoms with Crippen LogP contribution in [0.25, 0.3) is 16.5 Å². The van der Waals surface area contributed by atoms with Crippen LogP contribution in [0, 0.1) is 0 Å². The standard InChI is InChI=1S/C15H13N3O2/c1-2-20-15(19)14-10-16-17-18(14)13-8-7-11-5-3-4-6-12(11)9-13/h3-10H,2H2,1H3. The van der Waals surface area contributed by atoms with Crippen molar-refractivity contribution < 1.29 is 9.53 Å². The van der Waals surface area contributed by atoms with E-state index in [0.29, 0.717) is 12.3 Å². The quantitative estimate of drug-likeness (QED) is 0.684. The van der Waals surface area contributed by atoms with Gasteiger partial charge in [0.1, 0.15) is 0 Å². The first-order chi connectivity index (χ1) is 9.79. The molecule has 100 valence electrons. The van der Waals surface area contributed by atoms with E-state index >= 15 is 0 Å². The van der Waals surface area contributed by atoms with Crippen molar-refractivity contribution in [2.45, 2.75) is 6.92 Å². The number of aromatic nitrogens is 3. The van der Waals surface area contributed by atoms with Crippen molar-refractivity contribution in [2.75, 3.05) is 6.61 Å². The van der Waals surface area contributed by atoms with Crippen LogP contribution in [-0.4, -0.2) is 27.6 Å². The van der Waals surface area contributed by atoms with E-state index in [9.17, 15) is 4.79 Å². The summed E-state index contributed by atoms with van der Waals surface area (Å²) in [5, 5.41) is 9.97. The van der Waals surface area contributed by atoms with Gasteiger partial charge >= 0.3 is 5.97 Å². The zero-order valence-corrected chi connectivity index (χ0v) is 11.0. The molecule has 3 rings (SSSR count). The lowest BCUT2D eigenvalue weighted by Gasteiger charge is -2.06. The number of carbonyl (C=O) groups is 1. The van der Waals surface area contributed by atoms with Gasteiger partial charge in [-0.1, -0.05) is 35.5 Å². The molecule has 20 heavy (non-hydrogen) atoms. The van der Waals surface area contributed by atoms with Crippen LogP contribution in [0.3, 0.4) is 0 Å². The minimum absolute atomic E-state index is 0.321. The Morgan fingerprint density at radius 3 is 2.80 bits per heavy atom. The van der Waals surface area contributed by atoms with E-state index < -0.39 is 5.97 Å². The Kier molecular flexibility index (Phi) is 3.16. The number of esters is 1. The molecule has 0 radical (unpaired) electrons. The molecule has 0 saturated heterocycles. The summed E-state index contributed by atoms with van der Waals surface area (Å²) in [4.78, 5) is 11.8. The Balaban J connectivity index is 2.07. The van der Waals surface area contributed by atoms with Crippen LogP contribution in [0.15, 0.2) is 48.7 Å². The van der Waals surface area contributed by atoms with Crippen LogP contribution in [-0.2, 0) is 4.74 Å². The summed E-state index contributed by atoms with van der Waals surface area (Å²) in [5.41, 5.74) is 1.10. The second-order valence-electron chi connectivity index (χ2n) is 4.28. The Bertz CT molecular complexity index is 764. The fourth-order valence-corrected chi connectivity index (χ4v) is 2.08. The Labute approximate surface area is 115 Å². The zero-order chi connectivity index (χ0) is 13.9. The molecule has 3 aromatic rings. The molecule has 1 aromatic heterocycles. The molecule has 0 spiro atoms. The maximum Gasteiger partial charge on any atom is 0.358 e. The molecule has 0 bridgehead atoms. The number of hydrogen-bond donors (Lipinski definition) is 0. The number of nitrogens with zero attached hydrogens (tertiary/aromatic N) is 3. The average Bonchev–Trinajstić information content (AvgIpc) is 2.96. The molecular weight excluding hydrogens is 254 g/mol. The number of fused-ring (bicyclic) bond motifs is 1. The van der Waals surface area contributed by atoms with Crippen molar-refractivity contribution in [3.05, 3.63) is 54.4 Å². The van der Waals surface area contributed by atoms with E-state index in [-0.39, 0.29) is 0 Å². The Morgan fingerprint density at radius 1 is 1.20 bits per heavy atom. The van der Waals surface area contributed by atoms with Crippen molar-refractivity contribution in [2.24, 2.45) is 0 Å². The van der Waals surface area contributed by atoms with Crippen LogP contribution in [0.2, 0.25) is 0 Å². The molecule has 0 saturated carbocycles. The van der Waals surface area contributed by atoms with Crippen molar-refractivity contribution >= 4 is 16.7 Å². The zero-order valence-electron chi connectivity index (χ0n) is 11.0. The Hall–Kier alpha value is -2.69. The van der Waals surface area contributed by atoms with E-state index in [1.54, 1.807) is 6.92 Å². The molecule has 0 fully saturated rings. The number of hydrogen-bond acceptors (Lipinski definition) is 4. The minimum atomic E-state index is -0.425. The summed E-state index contributed by atoms with van der Waals surface area (Å²) in [7, 11) is 0. The summed E-state index contributed by atoms with van der Waals surface area (Å²) in [6.45, 7) is 2.09. The topological polar surface area (TPSA) is 57.0 Å². The smallest absolute Gasteiger partial charge is 0.358 e. The summed E-state index contributed by atoms with van der Waals surface area (Å²) < 4.78 is 6.49. The first-order valence-corrected chi connectivity index (χ1v) is 6.36. The fraction of sp³-hybridized carbons (Fsp3) is 0.133. The third-order valence-corrected chi connectivity index (χ3v) is 3.01. The van der Waals surface area contributed by atoms with Gasteiger partial charge in [-0.05, 0) is 29.8 Å². The summed E-state index contributed by atoms with van der Waals surface area (Å²) in [5.74, 6) is -0.425. The van der Waals surface area contributed by atoms with Gasteiger partial charge < -0.3 is 4.74 Å². The van der Waals surface area contributed by atoms with Gasteiger partial charge in [0.15, 0.2) is 5.69 Å². The summed E-state index contributed by atoms with van der Waals surface area (Å²) in [6, 6.07) is 13.9. The SMILES string of the molecule is CCOC(=O)c1cnnn1-c1ccc2ccccc2c1. The largest absolute Gasteiger partial charge is 0.461 e. The molecule has 0 amide bonds. The van der Waals surface area contributed by atoms with E-state index in [1.807, 2.05) is 42.5 Å². The number of ether oxygens (including phenoxy) is 1. The molecule has 5 nitrogen and oxygen atoms in total. The van der Waals surface area contributed by atoms with Crippen LogP contribution in [0.4, 0.5) is 0 Å². The van der Waals surface area contributed by atoms with E-state index in [1.165, 1.54) is 10.9 Å². The maximum absolute atomic E-state index is 11.8. The van der Waals surface area contributed by atoms with Crippen molar-refractivity contribution in [1.29, 1.82) is 0 Å². The molecule has 0 unspecified atom stereocenters. The number of benzene rings is 2. The molecule has 0 N–H and O–H groups in total. The van der Waals surface area contributed by atoms with Crippen LogP contribution in [0.1, 0.15) is 17.4 Å². The monoisotopic (exact) mass is 267 g/mol. The highest BCUT2D eigenvalue weighted by Crippen LogP contribution is 2.19. The highest BCUT2D eigenvalue weighted by Gasteiger charge is 2.15. The van der Waals surface area contributed by atoms with Gasteiger partial charge in [0, 0.05) is 0 Å². The normalized spacial score (nSPS) is 10.7. The predicted octanol–water partition coefficient (Wildman–Crippen LogP) is 2.60. The van der Waals surface area contributed by atoms with E-state index in [2.05, 4.69) is 10.3 Å². The molecular formula is C15H13N3O2. The minimum Gasteiger partial charge on any atom is -0.461 e. The first kappa shape index (κ1) is 12.3. The molecule has 0 atom stereocenters. The van der Waals surface area contributed by atoms with Crippen molar-refractivity contribution in [3.8, 4) is 5.69 Å². The number of carbonyl (C=O) groups excluding carboxylic acids is 1. The average molecular weight is 267 g/mol. The molecule has 0 aliphatic heterocycles. The second-order valence-corrected chi connectivity index (χ2v) is 4.28. The fourth-order valence-electron chi connectivity index (χ4n) is 2.08. The highest BCUT2D eigenvalue weighted by molar-refractivity contribution is 5.89. The van der Waals surface area contributed by atoms with Gasteiger partial charge in [-0.25, -0.2) is 9.48 Å². The van der Waals surface area contributed by atoms with Gasteiger partial charge in [0.05, 0.1) is 18.5 Å². The van der Waals surface area contributed by atoms with Gasteiger partial charge in [-0.3, -0.25) is 0 Å². The highest BCUT2D eigenvalue weighted by atomic mass is 16.5. The van der Waals surface area contributed by atoms with Gasteiger partial charge in [0.25, 0.3) is 0 Å². The van der Waals surface area contributed by atoms with Crippen LogP contribution >= 0.6 is 0 Å². The lowest BCUT2D eigenvalue weighted by Crippen LogP contribution is -2.11. The molecule has 5 heteroatoms. The molecule has 1 heterocycles. The molecule has 2 aromatic carbocycles. The van der Waals surface area contributed by atoms with Crippen LogP contribution in [0.5, 0.6) is 0 Å². The number of rotatable bonds is 3. The van der Waals surface area contributed by atoms with Crippen molar-refractivity contribution in [1.82, 2.24) is 15.0 Å². The van der Waals surface area contributed by atoms with Gasteiger partial charge in [-0.2, -0.15) is 0 Å². The van der Waals surface area contributed by atoms with Crippen molar-refractivity contribution in [3.63, 3.8) is 0 Å². The second kappa shape index (κ2) is 5.13. The van der Waals surface area contributed by atoms with Gasteiger partial charge in [0.2, 0.25) is 0 Å². The summed E-state index contributed by atoms with van der Waals surface area (Å²) in [6.07, 6.45) is 1.41. The van der Waals surface area contributed by atoms with E-state index in [0.717, 1.165) is 16.5 Å². The predicted molar refractivity (Wildman–Crippen MR) is 74.8 cm³/mol. The molecule has 0 aliphatic carbocycles.